The number of carbonyl (C=O) groups excluding carboxylic acids is 1. The molecule has 5 heteroatoms. The molecule has 0 aliphatic heterocycles. The van der Waals surface area contributed by atoms with E-state index in [4.69, 9.17) is 13.9 Å². The fourth-order valence-electron chi connectivity index (χ4n) is 4.38. The molecule has 0 amide bonds. The van der Waals surface area contributed by atoms with E-state index < -0.39 is 8.32 Å². The molecule has 0 unspecified atom stereocenters. The van der Waals surface area contributed by atoms with Crippen LogP contribution in [0.2, 0.25) is 16.6 Å². The molecule has 30 heavy (non-hydrogen) atoms. The molecule has 2 aromatic carbocycles. The number of methoxy groups -OCH3 is 1. The molecule has 164 valence electrons. The highest BCUT2D eigenvalue weighted by Crippen LogP contribution is 2.42. The van der Waals surface area contributed by atoms with Crippen LogP contribution in [0, 0.1) is 0 Å². The normalized spacial score (nSPS) is 11.9. The number of Topliss-reactive ketones (excluding diaryl/α,β-unsaturated/α-hetero) is 1. The van der Waals surface area contributed by atoms with E-state index >= 15 is 0 Å². The van der Waals surface area contributed by atoms with Crippen LogP contribution in [-0.4, -0.2) is 28.0 Å². The molecule has 0 aromatic heterocycles. The number of hydrogen-bond acceptors (Lipinski definition) is 4. The van der Waals surface area contributed by atoms with Crippen LogP contribution in [0.5, 0.6) is 11.5 Å². The third-order valence-corrected chi connectivity index (χ3v) is 11.8. The fraction of sp³-hybridized carbons (Fsp3) is 0.480. The summed E-state index contributed by atoms with van der Waals surface area (Å²) in [5, 5.41) is 0. The van der Waals surface area contributed by atoms with Gasteiger partial charge in [-0.2, -0.15) is 0 Å². The van der Waals surface area contributed by atoms with Gasteiger partial charge in [-0.25, -0.2) is 0 Å². The first-order chi connectivity index (χ1) is 14.2. The van der Waals surface area contributed by atoms with Crippen LogP contribution >= 0.6 is 0 Å². The van der Waals surface area contributed by atoms with Gasteiger partial charge in [-0.1, -0.05) is 53.7 Å². The summed E-state index contributed by atoms with van der Waals surface area (Å²) in [4.78, 5) is 12.6. The standard InChI is InChI=1S/C25H36O4Si/c1-18(2)30(19(3)4,20(5)6)29-24-12-8-21(9-13-24)16-25(26)22-10-14-23(15-11-22)28-17-27-7/h8-15,18-20H,16-17H2,1-7H3. The summed E-state index contributed by atoms with van der Waals surface area (Å²) in [6.07, 6.45) is 0.361. The first-order valence-electron chi connectivity index (χ1n) is 10.7. The molecule has 0 aliphatic rings. The van der Waals surface area contributed by atoms with Gasteiger partial charge in [0, 0.05) is 19.1 Å². The average Bonchev–Trinajstić information content (AvgIpc) is 2.71. The molecule has 0 atom stereocenters. The van der Waals surface area contributed by atoms with Crippen molar-refractivity contribution >= 4 is 14.1 Å². The van der Waals surface area contributed by atoms with E-state index in [0.29, 0.717) is 34.4 Å². The van der Waals surface area contributed by atoms with Crippen LogP contribution in [0.4, 0.5) is 0 Å². The lowest BCUT2D eigenvalue weighted by atomic mass is 10.0. The van der Waals surface area contributed by atoms with Crippen molar-refractivity contribution in [2.24, 2.45) is 0 Å². The maximum atomic E-state index is 12.6. The zero-order valence-corrected chi connectivity index (χ0v) is 20.4. The summed E-state index contributed by atoms with van der Waals surface area (Å²) in [5.41, 5.74) is 3.22. The van der Waals surface area contributed by atoms with Crippen LogP contribution in [0.1, 0.15) is 57.5 Å². The molecule has 0 heterocycles. The van der Waals surface area contributed by atoms with Crippen LogP contribution in [0.25, 0.3) is 0 Å². The van der Waals surface area contributed by atoms with E-state index in [9.17, 15) is 4.79 Å². The number of ether oxygens (including phenoxy) is 2. The van der Waals surface area contributed by atoms with Gasteiger partial charge in [0.25, 0.3) is 8.32 Å². The van der Waals surface area contributed by atoms with E-state index in [0.717, 1.165) is 11.3 Å². The largest absolute Gasteiger partial charge is 0.543 e. The zero-order chi connectivity index (χ0) is 22.3. The Bertz CT molecular complexity index is 773. The Morgan fingerprint density at radius 2 is 1.30 bits per heavy atom. The Hall–Kier alpha value is -2.11. The van der Waals surface area contributed by atoms with Gasteiger partial charge < -0.3 is 13.9 Å². The van der Waals surface area contributed by atoms with Gasteiger partial charge in [0.15, 0.2) is 12.6 Å². The Morgan fingerprint density at radius 1 is 0.800 bits per heavy atom. The molecular weight excluding hydrogens is 392 g/mol. The second-order valence-electron chi connectivity index (χ2n) is 8.74. The van der Waals surface area contributed by atoms with Gasteiger partial charge in [0.05, 0.1) is 0 Å². The second kappa shape index (κ2) is 10.8. The summed E-state index contributed by atoms with van der Waals surface area (Å²) in [5.74, 6) is 1.67. The van der Waals surface area contributed by atoms with Crippen LogP contribution in [0.15, 0.2) is 48.5 Å². The number of rotatable bonds is 11. The summed E-state index contributed by atoms with van der Waals surface area (Å²) in [7, 11) is -0.399. The zero-order valence-electron chi connectivity index (χ0n) is 19.4. The predicted molar refractivity (Wildman–Crippen MR) is 125 cm³/mol. The van der Waals surface area contributed by atoms with Crippen molar-refractivity contribution in [3.05, 3.63) is 59.7 Å². The lowest BCUT2D eigenvalue weighted by Crippen LogP contribution is -2.50. The van der Waals surface area contributed by atoms with Crippen molar-refractivity contribution < 1.29 is 18.7 Å². The minimum absolute atomic E-state index is 0.0808. The SMILES string of the molecule is COCOc1ccc(C(=O)Cc2ccc(O[Si](C(C)C)(C(C)C)C(C)C)cc2)cc1. The van der Waals surface area contributed by atoms with Gasteiger partial charge in [-0.05, 0) is 58.6 Å². The van der Waals surface area contributed by atoms with Crippen molar-refractivity contribution in [1.82, 2.24) is 0 Å². The molecule has 2 rings (SSSR count). The molecule has 0 saturated heterocycles. The molecule has 0 saturated carbocycles. The predicted octanol–water partition coefficient (Wildman–Crippen LogP) is 6.65. The summed E-state index contributed by atoms with van der Waals surface area (Å²) < 4.78 is 17.0. The minimum atomic E-state index is -1.97. The highest BCUT2D eigenvalue weighted by atomic mass is 28.4. The number of hydrogen-bond donors (Lipinski definition) is 0. The smallest absolute Gasteiger partial charge is 0.258 e. The van der Waals surface area contributed by atoms with E-state index in [-0.39, 0.29) is 12.6 Å². The lowest BCUT2D eigenvalue weighted by molar-refractivity contribution is 0.0511. The molecule has 4 nitrogen and oxygen atoms in total. The van der Waals surface area contributed by atoms with Crippen molar-refractivity contribution in [2.45, 2.75) is 64.6 Å². The topological polar surface area (TPSA) is 44.8 Å². The molecule has 2 aromatic rings. The van der Waals surface area contributed by atoms with Crippen molar-refractivity contribution in [1.29, 1.82) is 0 Å². The first-order valence-corrected chi connectivity index (χ1v) is 12.9. The summed E-state index contributed by atoms with van der Waals surface area (Å²) in [6, 6.07) is 15.2. The van der Waals surface area contributed by atoms with Gasteiger partial charge in [0.1, 0.15) is 11.5 Å². The number of benzene rings is 2. The van der Waals surface area contributed by atoms with Gasteiger partial charge in [-0.15, -0.1) is 0 Å². The van der Waals surface area contributed by atoms with Crippen LogP contribution < -0.4 is 9.16 Å². The third-order valence-electron chi connectivity index (χ3n) is 5.81. The first kappa shape index (κ1) is 24.2. The Kier molecular flexibility index (Phi) is 8.68. The molecule has 0 aliphatic carbocycles. The maximum absolute atomic E-state index is 12.6. The Labute approximate surface area is 182 Å². The third kappa shape index (κ3) is 5.73. The molecule has 0 spiro atoms. The van der Waals surface area contributed by atoms with Crippen LogP contribution in [0.3, 0.4) is 0 Å². The van der Waals surface area contributed by atoms with Gasteiger partial charge >= 0.3 is 0 Å². The quantitative estimate of drug-likeness (QED) is 0.228. The maximum Gasteiger partial charge on any atom is 0.258 e. The van der Waals surface area contributed by atoms with Gasteiger partial charge in [-0.3, -0.25) is 4.79 Å². The second-order valence-corrected chi connectivity index (χ2v) is 14.1. The molecule has 0 fully saturated rings. The minimum Gasteiger partial charge on any atom is -0.543 e. The molecular formula is C25H36O4Si. The number of ketones is 1. The van der Waals surface area contributed by atoms with Crippen molar-refractivity contribution in [3.63, 3.8) is 0 Å². The van der Waals surface area contributed by atoms with E-state index in [1.165, 1.54) is 0 Å². The fourth-order valence-corrected chi connectivity index (χ4v) is 9.64. The Morgan fingerprint density at radius 3 is 1.77 bits per heavy atom. The highest BCUT2D eigenvalue weighted by Gasteiger charge is 2.46. The van der Waals surface area contributed by atoms with E-state index in [2.05, 4.69) is 41.5 Å². The highest BCUT2D eigenvalue weighted by molar-refractivity contribution is 6.78. The number of carbonyl (C=O) groups is 1. The monoisotopic (exact) mass is 428 g/mol. The average molecular weight is 429 g/mol. The molecule has 0 bridgehead atoms. The van der Waals surface area contributed by atoms with E-state index in [1.54, 1.807) is 31.4 Å². The molecule has 0 N–H and O–H groups in total. The van der Waals surface area contributed by atoms with E-state index in [1.807, 2.05) is 24.3 Å². The molecule has 0 radical (unpaired) electrons. The lowest BCUT2D eigenvalue weighted by Gasteiger charge is -2.42. The van der Waals surface area contributed by atoms with Crippen LogP contribution in [-0.2, 0) is 11.2 Å². The Balaban J connectivity index is 2.07. The summed E-state index contributed by atoms with van der Waals surface area (Å²) >= 11 is 0. The summed E-state index contributed by atoms with van der Waals surface area (Å²) in [6.45, 7) is 13.9. The van der Waals surface area contributed by atoms with Gasteiger partial charge in [0.2, 0.25) is 0 Å². The van der Waals surface area contributed by atoms with Crippen molar-refractivity contribution in [3.8, 4) is 11.5 Å². The van der Waals surface area contributed by atoms with Crippen molar-refractivity contribution in [2.75, 3.05) is 13.9 Å².